The molecule has 1 aliphatic heterocycles. The minimum atomic E-state index is 0.0390. The van der Waals surface area contributed by atoms with Gasteiger partial charge in [0.05, 0.1) is 6.54 Å². The first-order valence-electron chi connectivity index (χ1n) is 8.99. The van der Waals surface area contributed by atoms with Gasteiger partial charge in [0.15, 0.2) is 11.5 Å². The Labute approximate surface area is 154 Å². The Hall–Kier alpha value is -2.53. The summed E-state index contributed by atoms with van der Waals surface area (Å²) in [5, 5.41) is 2.98. The van der Waals surface area contributed by atoms with Gasteiger partial charge in [-0.2, -0.15) is 0 Å². The smallest absolute Gasteiger partial charge is 0.234 e. The topological polar surface area (TPSA) is 50.8 Å². The summed E-state index contributed by atoms with van der Waals surface area (Å²) in [6.07, 6.45) is 0.768. The number of benzene rings is 2. The third kappa shape index (κ3) is 5.23. The molecule has 0 saturated carbocycles. The van der Waals surface area contributed by atoms with E-state index in [0.717, 1.165) is 30.0 Å². The molecule has 0 fully saturated rings. The van der Waals surface area contributed by atoms with Crippen LogP contribution in [0, 0.1) is 6.92 Å². The molecule has 5 nitrogen and oxygen atoms in total. The van der Waals surface area contributed by atoms with Crippen molar-refractivity contribution in [2.75, 3.05) is 33.4 Å². The summed E-state index contributed by atoms with van der Waals surface area (Å²) in [7, 11) is 1.96. The van der Waals surface area contributed by atoms with Gasteiger partial charge in [-0.1, -0.05) is 35.9 Å². The van der Waals surface area contributed by atoms with Gasteiger partial charge in [0.1, 0.15) is 13.2 Å². The second-order valence-corrected chi connectivity index (χ2v) is 6.74. The fourth-order valence-electron chi connectivity index (χ4n) is 2.95. The van der Waals surface area contributed by atoms with Crippen molar-refractivity contribution in [1.29, 1.82) is 0 Å². The van der Waals surface area contributed by atoms with Crippen LogP contribution >= 0.6 is 0 Å². The lowest BCUT2D eigenvalue weighted by Gasteiger charge is -2.19. The molecular weight excluding hydrogens is 328 g/mol. The van der Waals surface area contributed by atoms with Crippen molar-refractivity contribution in [2.24, 2.45) is 0 Å². The molecule has 1 amide bonds. The summed E-state index contributed by atoms with van der Waals surface area (Å²) in [6, 6.07) is 14.3. The van der Waals surface area contributed by atoms with Crippen LogP contribution in [0.3, 0.4) is 0 Å². The van der Waals surface area contributed by atoms with Gasteiger partial charge in [-0.3, -0.25) is 9.69 Å². The van der Waals surface area contributed by atoms with Gasteiger partial charge in [0.25, 0.3) is 0 Å². The largest absolute Gasteiger partial charge is 0.486 e. The third-order valence-corrected chi connectivity index (χ3v) is 4.33. The average Bonchev–Trinajstić information content (AvgIpc) is 2.63. The van der Waals surface area contributed by atoms with Crippen molar-refractivity contribution in [3.05, 3.63) is 59.2 Å². The molecule has 1 aliphatic rings. The summed E-state index contributed by atoms with van der Waals surface area (Å²) in [5.74, 6) is 1.62. The second kappa shape index (κ2) is 8.72. The Bertz CT molecular complexity index is 743. The molecular formula is C21H26N2O3. The summed E-state index contributed by atoms with van der Waals surface area (Å²) in [5.41, 5.74) is 3.58. The molecule has 5 heteroatoms. The fraction of sp³-hybridized carbons (Fsp3) is 0.381. The van der Waals surface area contributed by atoms with Gasteiger partial charge < -0.3 is 14.8 Å². The van der Waals surface area contributed by atoms with Crippen LogP contribution in [0.15, 0.2) is 42.5 Å². The summed E-state index contributed by atoms with van der Waals surface area (Å²) in [4.78, 5) is 14.1. The first-order chi connectivity index (χ1) is 12.6. The number of carbonyl (C=O) groups is 1. The van der Waals surface area contributed by atoms with Crippen molar-refractivity contribution in [2.45, 2.75) is 19.9 Å². The maximum absolute atomic E-state index is 12.1. The van der Waals surface area contributed by atoms with E-state index < -0.39 is 0 Å². The number of fused-ring (bicyclic) bond motifs is 1. The molecule has 0 aliphatic carbocycles. The van der Waals surface area contributed by atoms with E-state index in [1.165, 1.54) is 11.1 Å². The van der Waals surface area contributed by atoms with Gasteiger partial charge in [-0.05, 0) is 43.7 Å². The van der Waals surface area contributed by atoms with E-state index >= 15 is 0 Å². The van der Waals surface area contributed by atoms with E-state index in [2.05, 4.69) is 36.5 Å². The molecule has 2 aromatic carbocycles. The number of likely N-dealkylation sites (N-methyl/N-ethyl adjacent to an activating group) is 1. The predicted octanol–water partition coefficient (Wildman–Crippen LogP) is 2.56. The van der Waals surface area contributed by atoms with E-state index in [1.807, 2.05) is 30.1 Å². The molecule has 0 saturated heterocycles. The molecule has 26 heavy (non-hydrogen) atoms. The SMILES string of the molecule is Cc1ccc(CN(C)CC(=O)NCCc2ccc3c(c2)OCCO3)cc1. The van der Waals surface area contributed by atoms with Crippen molar-refractivity contribution in [3.8, 4) is 11.5 Å². The van der Waals surface area contributed by atoms with Crippen LogP contribution in [-0.2, 0) is 17.8 Å². The highest BCUT2D eigenvalue weighted by atomic mass is 16.6. The highest BCUT2D eigenvalue weighted by Gasteiger charge is 2.12. The van der Waals surface area contributed by atoms with Crippen LogP contribution in [0.1, 0.15) is 16.7 Å². The van der Waals surface area contributed by atoms with Crippen molar-refractivity contribution >= 4 is 5.91 Å². The van der Waals surface area contributed by atoms with Gasteiger partial charge in [0, 0.05) is 13.1 Å². The average molecular weight is 354 g/mol. The normalized spacial score (nSPS) is 12.9. The zero-order chi connectivity index (χ0) is 18.4. The number of hydrogen-bond acceptors (Lipinski definition) is 4. The molecule has 0 spiro atoms. The molecule has 0 aromatic heterocycles. The van der Waals surface area contributed by atoms with Crippen LogP contribution in [0.2, 0.25) is 0 Å². The first-order valence-corrected chi connectivity index (χ1v) is 8.99. The number of nitrogens with one attached hydrogen (secondary N) is 1. The predicted molar refractivity (Wildman–Crippen MR) is 102 cm³/mol. The lowest BCUT2D eigenvalue weighted by atomic mass is 10.1. The second-order valence-electron chi connectivity index (χ2n) is 6.74. The lowest BCUT2D eigenvalue weighted by Crippen LogP contribution is -2.35. The van der Waals surface area contributed by atoms with Crippen molar-refractivity contribution in [3.63, 3.8) is 0 Å². The molecule has 2 aromatic rings. The number of nitrogens with zero attached hydrogens (tertiary/aromatic N) is 1. The Morgan fingerprint density at radius 2 is 1.73 bits per heavy atom. The minimum Gasteiger partial charge on any atom is -0.486 e. The van der Waals surface area contributed by atoms with Gasteiger partial charge in [-0.25, -0.2) is 0 Å². The number of rotatable bonds is 7. The summed E-state index contributed by atoms with van der Waals surface area (Å²) >= 11 is 0. The number of aryl methyl sites for hydroxylation is 1. The zero-order valence-electron chi connectivity index (χ0n) is 15.5. The van der Waals surface area contributed by atoms with Crippen LogP contribution in [0.4, 0.5) is 0 Å². The van der Waals surface area contributed by atoms with Gasteiger partial charge >= 0.3 is 0 Å². The van der Waals surface area contributed by atoms with Crippen LogP contribution < -0.4 is 14.8 Å². The van der Waals surface area contributed by atoms with Crippen molar-refractivity contribution in [1.82, 2.24) is 10.2 Å². The number of amides is 1. The summed E-state index contributed by atoms with van der Waals surface area (Å²) in [6.45, 7) is 5.00. The van der Waals surface area contributed by atoms with Gasteiger partial charge in [0.2, 0.25) is 5.91 Å². The number of carbonyl (C=O) groups excluding carboxylic acids is 1. The fourth-order valence-corrected chi connectivity index (χ4v) is 2.95. The quantitative estimate of drug-likeness (QED) is 0.830. The Balaban J connectivity index is 1.40. The van der Waals surface area contributed by atoms with E-state index in [1.54, 1.807) is 0 Å². The van der Waals surface area contributed by atoms with E-state index in [0.29, 0.717) is 26.3 Å². The van der Waals surface area contributed by atoms with Crippen LogP contribution in [0.5, 0.6) is 11.5 Å². The monoisotopic (exact) mass is 354 g/mol. The molecule has 0 atom stereocenters. The standard InChI is InChI=1S/C21H26N2O3/c1-16-3-5-18(6-4-16)14-23(2)15-21(24)22-10-9-17-7-8-19-20(13-17)26-12-11-25-19/h3-8,13H,9-12,14-15H2,1-2H3,(H,22,24). The van der Waals surface area contributed by atoms with Crippen LogP contribution in [-0.4, -0.2) is 44.2 Å². The lowest BCUT2D eigenvalue weighted by molar-refractivity contribution is -0.122. The molecule has 138 valence electrons. The maximum atomic E-state index is 12.1. The molecule has 0 radical (unpaired) electrons. The zero-order valence-corrected chi connectivity index (χ0v) is 15.5. The molecule has 0 bridgehead atoms. The summed E-state index contributed by atoms with van der Waals surface area (Å²) < 4.78 is 11.1. The molecule has 1 heterocycles. The van der Waals surface area contributed by atoms with Crippen molar-refractivity contribution < 1.29 is 14.3 Å². The maximum Gasteiger partial charge on any atom is 0.234 e. The molecule has 3 rings (SSSR count). The van der Waals surface area contributed by atoms with E-state index in [9.17, 15) is 4.79 Å². The Kier molecular flexibility index (Phi) is 6.12. The first kappa shape index (κ1) is 18.3. The van der Waals surface area contributed by atoms with Gasteiger partial charge in [-0.15, -0.1) is 0 Å². The Morgan fingerprint density at radius 1 is 1.04 bits per heavy atom. The molecule has 1 N–H and O–H groups in total. The third-order valence-electron chi connectivity index (χ3n) is 4.33. The number of hydrogen-bond donors (Lipinski definition) is 1. The molecule has 0 unspecified atom stereocenters. The minimum absolute atomic E-state index is 0.0390. The highest BCUT2D eigenvalue weighted by Crippen LogP contribution is 2.30. The Morgan fingerprint density at radius 3 is 2.50 bits per heavy atom. The van der Waals surface area contributed by atoms with E-state index in [-0.39, 0.29) is 5.91 Å². The van der Waals surface area contributed by atoms with E-state index in [4.69, 9.17) is 9.47 Å². The van der Waals surface area contributed by atoms with Crippen LogP contribution in [0.25, 0.3) is 0 Å². The number of ether oxygens (including phenoxy) is 2. The highest BCUT2D eigenvalue weighted by molar-refractivity contribution is 5.77.